The number of hydrogen-bond acceptors (Lipinski definition) is 3. The van der Waals surface area contributed by atoms with Crippen LogP contribution in [0.15, 0.2) is 54.6 Å². The van der Waals surface area contributed by atoms with E-state index < -0.39 is 6.03 Å². The van der Waals surface area contributed by atoms with Crippen LogP contribution in [0.2, 0.25) is 0 Å². The third kappa shape index (κ3) is 4.61. The topological polar surface area (TPSA) is 87.5 Å². The fraction of sp³-hybridized carbons (Fsp3) is 0.300. The molecule has 6 nitrogen and oxygen atoms in total. The number of likely N-dealkylation sites (tertiary alicyclic amines) is 1. The van der Waals surface area contributed by atoms with Gasteiger partial charge in [0, 0.05) is 13.1 Å². The van der Waals surface area contributed by atoms with Crippen LogP contribution in [-0.2, 0) is 6.54 Å². The van der Waals surface area contributed by atoms with Gasteiger partial charge in [0.05, 0.1) is 17.4 Å². The zero-order valence-electron chi connectivity index (χ0n) is 14.7. The van der Waals surface area contributed by atoms with Crippen LogP contribution in [0.1, 0.15) is 35.2 Å². The molecule has 0 spiro atoms. The number of primary amides is 1. The number of amides is 3. The second-order valence-corrected chi connectivity index (χ2v) is 6.48. The van der Waals surface area contributed by atoms with Gasteiger partial charge in [-0.3, -0.25) is 9.69 Å². The molecule has 1 fully saturated rings. The number of nitrogens with one attached hydrogen (secondary N) is 2. The van der Waals surface area contributed by atoms with Gasteiger partial charge in [-0.1, -0.05) is 42.5 Å². The largest absolute Gasteiger partial charge is 0.351 e. The number of carbonyl (C=O) groups excluding carboxylic acids is 2. The van der Waals surface area contributed by atoms with E-state index in [1.54, 1.807) is 24.3 Å². The maximum Gasteiger partial charge on any atom is 0.316 e. The van der Waals surface area contributed by atoms with Crippen LogP contribution in [0.25, 0.3) is 0 Å². The highest BCUT2D eigenvalue weighted by Crippen LogP contribution is 2.20. The molecule has 2 aromatic carbocycles. The summed E-state index contributed by atoms with van der Waals surface area (Å²) in [5, 5.41) is 5.62. The molecule has 0 radical (unpaired) electrons. The highest BCUT2D eigenvalue weighted by Gasteiger charge is 2.25. The Kier molecular flexibility index (Phi) is 5.86. The summed E-state index contributed by atoms with van der Waals surface area (Å²) in [6.07, 6.45) is 3.08. The minimum atomic E-state index is -0.686. The Labute approximate surface area is 153 Å². The first kappa shape index (κ1) is 17.9. The number of nitrogens with two attached hydrogens (primary N) is 1. The van der Waals surface area contributed by atoms with E-state index in [0.717, 1.165) is 32.4 Å². The summed E-state index contributed by atoms with van der Waals surface area (Å²) in [4.78, 5) is 26.2. The van der Waals surface area contributed by atoms with E-state index in [4.69, 9.17) is 5.73 Å². The Morgan fingerprint density at radius 3 is 2.54 bits per heavy atom. The predicted molar refractivity (Wildman–Crippen MR) is 102 cm³/mol. The van der Waals surface area contributed by atoms with Gasteiger partial charge < -0.3 is 16.4 Å². The first-order valence-electron chi connectivity index (χ1n) is 8.88. The highest BCUT2D eigenvalue weighted by atomic mass is 16.2. The summed E-state index contributed by atoms with van der Waals surface area (Å²) in [6.45, 7) is 1.74. The summed E-state index contributed by atoms with van der Waals surface area (Å²) < 4.78 is 0. The number of piperidine rings is 1. The number of para-hydroxylation sites is 1. The third-order valence-corrected chi connectivity index (χ3v) is 4.57. The molecule has 1 atom stereocenters. The van der Waals surface area contributed by atoms with E-state index in [-0.39, 0.29) is 12.1 Å². The average Bonchev–Trinajstić information content (AvgIpc) is 2.64. The SMILES string of the molecule is NC(=O)Nc1ccccc1C(=O)NC1CCCCN1Cc1ccccc1. The van der Waals surface area contributed by atoms with Crippen molar-refractivity contribution in [2.24, 2.45) is 5.73 Å². The molecule has 0 aliphatic carbocycles. The Morgan fingerprint density at radius 2 is 1.77 bits per heavy atom. The molecule has 6 heteroatoms. The molecule has 136 valence electrons. The monoisotopic (exact) mass is 352 g/mol. The average molecular weight is 352 g/mol. The first-order chi connectivity index (χ1) is 12.6. The second kappa shape index (κ2) is 8.49. The minimum Gasteiger partial charge on any atom is -0.351 e. The molecular formula is C20H24N4O2. The van der Waals surface area contributed by atoms with Crippen LogP contribution in [0.4, 0.5) is 10.5 Å². The summed E-state index contributed by atoms with van der Waals surface area (Å²) in [5.41, 5.74) is 7.25. The van der Waals surface area contributed by atoms with Gasteiger partial charge in [-0.15, -0.1) is 0 Å². The van der Waals surface area contributed by atoms with Gasteiger partial charge in [0.25, 0.3) is 5.91 Å². The smallest absolute Gasteiger partial charge is 0.316 e. The van der Waals surface area contributed by atoms with E-state index in [1.165, 1.54) is 5.56 Å². The van der Waals surface area contributed by atoms with Gasteiger partial charge in [-0.05, 0) is 37.0 Å². The third-order valence-electron chi connectivity index (χ3n) is 4.57. The van der Waals surface area contributed by atoms with Crippen LogP contribution < -0.4 is 16.4 Å². The van der Waals surface area contributed by atoms with Gasteiger partial charge in [0.1, 0.15) is 0 Å². The molecule has 2 aromatic rings. The molecule has 1 saturated heterocycles. The summed E-state index contributed by atoms with van der Waals surface area (Å²) >= 11 is 0. The minimum absolute atomic E-state index is 0.0295. The van der Waals surface area contributed by atoms with Crippen LogP contribution in [0.5, 0.6) is 0 Å². The quantitative estimate of drug-likeness (QED) is 0.773. The Morgan fingerprint density at radius 1 is 1.04 bits per heavy atom. The number of hydrogen-bond donors (Lipinski definition) is 3. The molecule has 3 amide bonds. The zero-order chi connectivity index (χ0) is 18.4. The Balaban J connectivity index is 1.71. The molecule has 3 rings (SSSR count). The van der Waals surface area contributed by atoms with Crippen LogP contribution in [-0.4, -0.2) is 29.5 Å². The maximum atomic E-state index is 12.8. The molecule has 0 bridgehead atoms. The predicted octanol–water partition coefficient (Wildman–Crippen LogP) is 2.92. The number of rotatable bonds is 5. The van der Waals surface area contributed by atoms with E-state index in [0.29, 0.717) is 11.3 Å². The fourth-order valence-corrected chi connectivity index (χ4v) is 3.31. The van der Waals surface area contributed by atoms with Crippen LogP contribution >= 0.6 is 0 Å². The maximum absolute atomic E-state index is 12.8. The van der Waals surface area contributed by atoms with E-state index in [2.05, 4.69) is 27.7 Å². The molecule has 0 saturated carbocycles. The molecule has 1 unspecified atom stereocenters. The summed E-state index contributed by atoms with van der Waals surface area (Å²) in [6, 6.07) is 16.4. The lowest BCUT2D eigenvalue weighted by Gasteiger charge is -2.36. The highest BCUT2D eigenvalue weighted by molar-refractivity contribution is 6.03. The second-order valence-electron chi connectivity index (χ2n) is 6.48. The van der Waals surface area contributed by atoms with Crippen molar-refractivity contribution < 1.29 is 9.59 Å². The van der Waals surface area contributed by atoms with Crippen molar-refractivity contribution in [3.05, 3.63) is 65.7 Å². The first-order valence-corrected chi connectivity index (χ1v) is 8.88. The van der Waals surface area contributed by atoms with Crippen molar-refractivity contribution in [3.8, 4) is 0 Å². The molecular weight excluding hydrogens is 328 g/mol. The summed E-state index contributed by atoms with van der Waals surface area (Å²) in [7, 11) is 0. The standard InChI is InChI=1S/C20H24N4O2/c21-20(26)22-17-11-5-4-10-16(17)19(25)23-18-12-6-7-13-24(18)14-15-8-2-1-3-9-15/h1-5,8-11,18H,6-7,12-14H2,(H,23,25)(H3,21,22,26). The fourth-order valence-electron chi connectivity index (χ4n) is 3.31. The van der Waals surface area contributed by atoms with Gasteiger partial charge in [-0.25, -0.2) is 4.79 Å². The number of benzene rings is 2. The normalized spacial score (nSPS) is 17.5. The molecule has 0 aromatic heterocycles. The lowest BCUT2D eigenvalue weighted by atomic mass is 10.1. The lowest BCUT2D eigenvalue weighted by Crippen LogP contribution is -2.50. The number of anilines is 1. The summed E-state index contributed by atoms with van der Waals surface area (Å²) in [5.74, 6) is -0.209. The van der Waals surface area contributed by atoms with Crippen LogP contribution in [0, 0.1) is 0 Å². The molecule has 26 heavy (non-hydrogen) atoms. The van der Waals surface area contributed by atoms with Gasteiger partial charge >= 0.3 is 6.03 Å². The molecule has 1 aliphatic rings. The number of urea groups is 1. The molecule has 1 aliphatic heterocycles. The molecule has 4 N–H and O–H groups in total. The van der Waals surface area contributed by atoms with Gasteiger partial charge in [0.15, 0.2) is 0 Å². The van der Waals surface area contributed by atoms with Gasteiger partial charge in [0.2, 0.25) is 0 Å². The number of nitrogens with zero attached hydrogens (tertiary/aromatic N) is 1. The van der Waals surface area contributed by atoms with Crippen molar-refractivity contribution in [1.29, 1.82) is 0 Å². The van der Waals surface area contributed by atoms with E-state index in [1.807, 2.05) is 18.2 Å². The van der Waals surface area contributed by atoms with Gasteiger partial charge in [-0.2, -0.15) is 0 Å². The van der Waals surface area contributed by atoms with Crippen molar-refractivity contribution >= 4 is 17.6 Å². The number of carbonyl (C=O) groups is 2. The van der Waals surface area contributed by atoms with Crippen molar-refractivity contribution in [2.45, 2.75) is 32.0 Å². The van der Waals surface area contributed by atoms with E-state index in [9.17, 15) is 9.59 Å². The van der Waals surface area contributed by atoms with E-state index >= 15 is 0 Å². The van der Waals surface area contributed by atoms with Crippen LogP contribution in [0.3, 0.4) is 0 Å². The molecule has 1 heterocycles. The Hall–Kier alpha value is -2.86. The zero-order valence-corrected chi connectivity index (χ0v) is 14.7. The van der Waals surface area contributed by atoms with Crippen molar-refractivity contribution in [3.63, 3.8) is 0 Å². The van der Waals surface area contributed by atoms with Crippen molar-refractivity contribution in [1.82, 2.24) is 10.2 Å². The lowest BCUT2D eigenvalue weighted by molar-refractivity contribution is 0.0754. The Bertz CT molecular complexity index is 763. The van der Waals surface area contributed by atoms with Crippen molar-refractivity contribution in [2.75, 3.05) is 11.9 Å².